The summed E-state index contributed by atoms with van der Waals surface area (Å²) in [6.45, 7) is 2.86. The highest BCUT2D eigenvalue weighted by Crippen LogP contribution is 2.34. The van der Waals surface area contributed by atoms with Crippen LogP contribution in [0.4, 0.5) is 0 Å². The van der Waals surface area contributed by atoms with Crippen molar-refractivity contribution in [3.05, 3.63) is 65.9 Å². The number of aromatic nitrogens is 1. The molecule has 4 heteroatoms. The number of carbonyl (C=O) groups is 1. The zero-order valence-electron chi connectivity index (χ0n) is 12.3. The molecule has 0 saturated heterocycles. The lowest BCUT2D eigenvalue weighted by Gasteiger charge is -2.08. The molecule has 22 heavy (non-hydrogen) atoms. The summed E-state index contributed by atoms with van der Waals surface area (Å²) >= 11 is 0. The van der Waals surface area contributed by atoms with Crippen molar-refractivity contribution in [3.8, 4) is 5.75 Å². The maximum Gasteiger partial charge on any atom is 0.356 e. The van der Waals surface area contributed by atoms with Gasteiger partial charge in [-0.25, -0.2) is 4.79 Å². The van der Waals surface area contributed by atoms with Crippen LogP contribution in [0.2, 0.25) is 0 Å². The molecule has 0 spiro atoms. The zero-order valence-corrected chi connectivity index (χ0v) is 12.3. The van der Waals surface area contributed by atoms with Crippen LogP contribution in [-0.4, -0.2) is 15.6 Å². The summed E-state index contributed by atoms with van der Waals surface area (Å²) in [5, 5.41) is 10.4. The summed E-state index contributed by atoms with van der Waals surface area (Å²) < 4.78 is 7.65. The molecule has 0 radical (unpaired) electrons. The Kier molecular flexibility index (Phi) is 3.83. The standard InChI is InChI=1S/C18H17NO3/c1-2-19-15-11-7-6-10-14(15)17(16(19)18(20)21)22-12-13-8-4-3-5-9-13/h3-11H,2,12H2,1H3,(H,20,21). The molecule has 0 aliphatic rings. The number of hydrogen-bond donors (Lipinski definition) is 1. The Labute approximate surface area is 128 Å². The van der Waals surface area contributed by atoms with Crippen LogP contribution < -0.4 is 4.74 Å². The van der Waals surface area contributed by atoms with Gasteiger partial charge in [-0.05, 0) is 24.6 Å². The van der Waals surface area contributed by atoms with Gasteiger partial charge in [-0.1, -0.05) is 42.5 Å². The third-order valence-corrected chi connectivity index (χ3v) is 3.67. The lowest BCUT2D eigenvalue weighted by molar-refractivity contribution is 0.0680. The Hall–Kier alpha value is -2.75. The van der Waals surface area contributed by atoms with Gasteiger partial charge in [-0.3, -0.25) is 0 Å². The van der Waals surface area contributed by atoms with E-state index in [0.29, 0.717) is 18.9 Å². The zero-order chi connectivity index (χ0) is 15.5. The van der Waals surface area contributed by atoms with Crippen molar-refractivity contribution in [1.29, 1.82) is 0 Å². The van der Waals surface area contributed by atoms with E-state index >= 15 is 0 Å². The van der Waals surface area contributed by atoms with Gasteiger partial charge in [0, 0.05) is 11.9 Å². The Morgan fingerprint density at radius 1 is 1.09 bits per heavy atom. The summed E-state index contributed by atoms with van der Waals surface area (Å²) in [5.74, 6) is -0.532. The summed E-state index contributed by atoms with van der Waals surface area (Å²) in [7, 11) is 0. The normalized spacial score (nSPS) is 10.8. The molecule has 0 aliphatic carbocycles. The van der Waals surface area contributed by atoms with Gasteiger partial charge in [0.1, 0.15) is 6.61 Å². The van der Waals surface area contributed by atoms with Gasteiger partial charge in [-0.15, -0.1) is 0 Å². The minimum atomic E-state index is -0.971. The Morgan fingerprint density at radius 3 is 2.45 bits per heavy atom. The highest BCUT2D eigenvalue weighted by molar-refractivity contribution is 6.01. The van der Waals surface area contributed by atoms with Gasteiger partial charge in [0.2, 0.25) is 0 Å². The second-order valence-electron chi connectivity index (χ2n) is 5.02. The van der Waals surface area contributed by atoms with Gasteiger partial charge in [0.05, 0.1) is 5.52 Å². The summed E-state index contributed by atoms with van der Waals surface area (Å²) in [5.41, 5.74) is 2.09. The lowest BCUT2D eigenvalue weighted by Crippen LogP contribution is -2.09. The second-order valence-corrected chi connectivity index (χ2v) is 5.02. The second kappa shape index (κ2) is 5.93. The van der Waals surface area contributed by atoms with Crippen molar-refractivity contribution in [3.63, 3.8) is 0 Å². The molecule has 0 amide bonds. The highest BCUT2D eigenvalue weighted by Gasteiger charge is 2.22. The monoisotopic (exact) mass is 295 g/mol. The molecular weight excluding hydrogens is 278 g/mol. The van der Waals surface area contributed by atoms with Crippen LogP contribution >= 0.6 is 0 Å². The molecule has 112 valence electrons. The van der Waals surface area contributed by atoms with E-state index in [1.54, 1.807) is 4.57 Å². The molecule has 0 aliphatic heterocycles. The molecule has 3 rings (SSSR count). The number of ether oxygens (including phenoxy) is 1. The maximum atomic E-state index is 11.7. The summed E-state index contributed by atoms with van der Waals surface area (Å²) in [4.78, 5) is 11.7. The minimum absolute atomic E-state index is 0.208. The Bertz CT molecular complexity index is 806. The maximum absolute atomic E-state index is 11.7. The first-order valence-corrected chi connectivity index (χ1v) is 7.23. The van der Waals surface area contributed by atoms with E-state index in [1.165, 1.54) is 0 Å². The predicted molar refractivity (Wildman–Crippen MR) is 85.3 cm³/mol. The van der Waals surface area contributed by atoms with Gasteiger partial charge in [-0.2, -0.15) is 0 Å². The Balaban J connectivity index is 2.07. The van der Waals surface area contributed by atoms with Gasteiger partial charge in [0.15, 0.2) is 11.4 Å². The Morgan fingerprint density at radius 2 is 1.77 bits per heavy atom. The first-order valence-electron chi connectivity index (χ1n) is 7.23. The SMILES string of the molecule is CCn1c(C(=O)O)c(OCc2ccccc2)c2ccccc21. The number of carboxylic acids is 1. The summed E-state index contributed by atoms with van der Waals surface area (Å²) in [6.07, 6.45) is 0. The lowest BCUT2D eigenvalue weighted by atomic mass is 10.2. The van der Waals surface area contributed by atoms with Crippen molar-refractivity contribution in [1.82, 2.24) is 4.57 Å². The highest BCUT2D eigenvalue weighted by atomic mass is 16.5. The number of para-hydroxylation sites is 1. The number of hydrogen-bond acceptors (Lipinski definition) is 2. The largest absolute Gasteiger partial charge is 0.486 e. The number of nitrogens with zero attached hydrogens (tertiary/aromatic N) is 1. The van der Waals surface area contributed by atoms with Gasteiger partial charge in [0.25, 0.3) is 0 Å². The molecule has 0 unspecified atom stereocenters. The van der Waals surface area contributed by atoms with Crippen molar-refractivity contribution >= 4 is 16.9 Å². The topological polar surface area (TPSA) is 51.5 Å². The van der Waals surface area contributed by atoms with Crippen molar-refractivity contribution in [2.75, 3.05) is 0 Å². The predicted octanol–water partition coefficient (Wildman–Crippen LogP) is 3.94. The number of rotatable bonds is 5. The van der Waals surface area contributed by atoms with E-state index in [4.69, 9.17) is 4.74 Å². The van der Waals surface area contributed by atoms with Crippen LogP contribution in [-0.2, 0) is 13.2 Å². The fraction of sp³-hybridized carbons (Fsp3) is 0.167. The number of fused-ring (bicyclic) bond motifs is 1. The number of carboxylic acid groups (broad SMARTS) is 1. The van der Waals surface area contributed by atoms with Crippen LogP contribution in [0.3, 0.4) is 0 Å². The van der Waals surface area contributed by atoms with Crippen LogP contribution in [0.25, 0.3) is 10.9 Å². The molecular formula is C18H17NO3. The fourth-order valence-corrected chi connectivity index (χ4v) is 2.69. The molecule has 0 fully saturated rings. The number of aryl methyl sites for hydroxylation is 1. The molecule has 0 bridgehead atoms. The average Bonchev–Trinajstić information content (AvgIpc) is 2.88. The average molecular weight is 295 g/mol. The molecule has 4 nitrogen and oxygen atoms in total. The number of aromatic carboxylic acids is 1. The fourth-order valence-electron chi connectivity index (χ4n) is 2.69. The van der Waals surface area contributed by atoms with Crippen LogP contribution in [0.15, 0.2) is 54.6 Å². The molecule has 2 aromatic carbocycles. The van der Waals surface area contributed by atoms with E-state index in [0.717, 1.165) is 16.5 Å². The quantitative estimate of drug-likeness (QED) is 0.775. The smallest absolute Gasteiger partial charge is 0.356 e. The van der Waals surface area contributed by atoms with E-state index < -0.39 is 5.97 Å². The van der Waals surface area contributed by atoms with Gasteiger partial charge < -0.3 is 14.4 Å². The van der Waals surface area contributed by atoms with Gasteiger partial charge >= 0.3 is 5.97 Å². The molecule has 0 atom stereocenters. The van der Waals surface area contributed by atoms with Crippen molar-refractivity contribution in [2.45, 2.75) is 20.1 Å². The summed E-state index contributed by atoms with van der Waals surface area (Å²) in [6, 6.07) is 17.3. The molecule has 3 aromatic rings. The third-order valence-electron chi connectivity index (χ3n) is 3.67. The van der Waals surface area contributed by atoms with Crippen LogP contribution in [0, 0.1) is 0 Å². The van der Waals surface area contributed by atoms with E-state index in [2.05, 4.69) is 0 Å². The minimum Gasteiger partial charge on any atom is -0.486 e. The van der Waals surface area contributed by atoms with E-state index in [-0.39, 0.29) is 5.69 Å². The van der Waals surface area contributed by atoms with Crippen LogP contribution in [0.1, 0.15) is 23.0 Å². The van der Waals surface area contributed by atoms with E-state index in [9.17, 15) is 9.90 Å². The molecule has 1 aromatic heterocycles. The third kappa shape index (κ3) is 2.44. The van der Waals surface area contributed by atoms with Crippen LogP contribution in [0.5, 0.6) is 5.75 Å². The first-order chi connectivity index (χ1) is 10.7. The first kappa shape index (κ1) is 14.2. The molecule has 0 saturated carbocycles. The molecule has 1 heterocycles. The van der Waals surface area contributed by atoms with Crippen molar-refractivity contribution < 1.29 is 14.6 Å². The number of benzene rings is 2. The van der Waals surface area contributed by atoms with E-state index in [1.807, 2.05) is 61.5 Å². The molecule has 1 N–H and O–H groups in total. The van der Waals surface area contributed by atoms with Crippen molar-refractivity contribution in [2.24, 2.45) is 0 Å².